The van der Waals surface area contributed by atoms with Crippen LogP contribution in [0.25, 0.3) is 0 Å². The Morgan fingerprint density at radius 2 is 1.94 bits per heavy atom. The lowest BCUT2D eigenvalue weighted by molar-refractivity contribution is 0.250. The van der Waals surface area contributed by atoms with Crippen LogP contribution in [0.1, 0.15) is 0 Å². The quantitative estimate of drug-likeness (QED) is 0.448. The van der Waals surface area contributed by atoms with E-state index in [1.807, 2.05) is 0 Å². The Morgan fingerprint density at radius 3 is 2.44 bits per heavy atom. The van der Waals surface area contributed by atoms with Crippen LogP contribution in [0, 0.1) is 0 Å². The van der Waals surface area contributed by atoms with Gasteiger partial charge >= 0.3 is 6.03 Å². The molecule has 0 aliphatic carbocycles. The molecule has 0 unspecified atom stereocenters. The number of hydrogen-bond donors (Lipinski definition) is 4. The molecular formula is C9H12N4O2S. The minimum Gasteiger partial charge on any atom is -0.497 e. The Kier molecular flexibility index (Phi) is 4.34. The maximum Gasteiger partial charge on any atom is 0.337 e. The highest BCUT2D eigenvalue weighted by Gasteiger charge is 2.00. The molecule has 0 aliphatic rings. The molecule has 0 spiro atoms. The van der Waals surface area contributed by atoms with Gasteiger partial charge < -0.3 is 15.8 Å². The predicted octanol–water partition coefficient (Wildman–Crippen LogP) is 0.565. The third-order valence-electron chi connectivity index (χ3n) is 1.65. The summed E-state index contributed by atoms with van der Waals surface area (Å²) in [6, 6.07) is 6.42. The lowest BCUT2D eigenvalue weighted by Gasteiger charge is -2.08. The van der Waals surface area contributed by atoms with E-state index < -0.39 is 6.03 Å². The summed E-state index contributed by atoms with van der Waals surface area (Å²) < 4.78 is 4.98. The second kappa shape index (κ2) is 5.76. The number of hydrazine groups is 1. The van der Waals surface area contributed by atoms with E-state index >= 15 is 0 Å². The fraction of sp³-hybridized carbons (Fsp3) is 0.111. The molecule has 0 heterocycles. The summed E-state index contributed by atoms with van der Waals surface area (Å²) in [5, 5.41) is 2.56. The summed E-state index contributed by atoms with van der Waals surface area (Å²) in [7, 11) is 1.57. The third-order valence-corrected chi connectivity index (χ3v) is 1.75. The van der Waals surface area contributed by atoms with E-state index in [0.717, 1.165) is 0 Å². The second-order valence-electron chi connectivity index (χ2n) is 2.80. The average Bonchev–Trinajstić information content (AvgIpc) is 2.27. The van der Waals surface area contributed by atoms with Crippen LogP contribution < -0.4 is 26.6 Å². The van der Waals surface area contributed by atoms with Gasteiger partial charge in [-0.2, -0.15) is 0 Å². The number of nitrogens with one attached hydrogen (secondary N) is 3. The molecule has 1 rings (SSSR count). The van der Waals surface area contributed by atoms with Crippen LogP contribution in [0.2, 0.25) is 0 Å². The third kappa shape index (κ3) is 4.01. The maximum absolute atomic E-state index is 11.2. The van der Waals surface area contributed by atoms with Gasteiger partial charge in [-0.3, -0.25) is 5.43 Å². The lowest BCUT2D eigenvalue weighted by Crippen LogP contribution is -2.46. The Balaban J connectivity index is 2.46. The first-order chi connectivity index (χ1) is 7.61. The van der Waals surface area contributed by atoms with Gasteiger partial charge in [-0.25, -0.2) is 10.2 Å². The molecule has 0 fully saturated rings. The van der Waals surface area contributed by atoms with Gasteiger partial charge in [0.25, 0.3) is 0 Å². The fourth-order valence-corrected chi connectivity index (χ4v) is 1.01. The van der Waals surface area contributed by atoms with Crippen LogP contribution in [-0.4, -0.2) is 18.3 Å². The second-order valence-corrected chi connectivity index (χ2v) is 3.24. The smallest absolute Gasteiger partial charge is 0.337 e. The van der Waals surface area contributed by atoms with E-state index in [1.54, 1.807) is 31.4 Å². The molecule has 16 heavy (non-hydrogen) atoms. The number of thiocarbonyl (C=S) groups is 1. The standard InChI is InChI=1S/C9H12N4O2S/c1-15-7-4-2-6(3-5-7)11-9(14)13-12-8(10)16/h2-5H,1H3,(H3,10,12,16)(H2,11,13,14). The lowest BCUT2D eigenvalue weighted by atomic mass is 10.3. The van der Waals surface area contributed by atoms with Gasteiger partial charge in [0.05, 0.1) is 7.11 Å². The number of hydrogen-bond acceptors (Lipinski definition) is 3. The molecule has 0 atom stereocenters. The van der Waals surface area contributed by atoms with Crippen molar-refractivity contribution in [2.24, 2.45) is 5.73 Å². The number of rotatable bonds is 2. The van der Waals surface area contributed by atoms with Crippen LogP contribution in [0.5, 0.6) is 5.75 Å². The molecule has 0 aromatic heterocycles. The monoisotopic (exact) mass is 240 g/mol. The number of amides is 2. The molecule has 2 amide bonds. The number of carbonyl (C=O) groups is 1. The van der Waals surface area contributed by atoms with E-state index in [2.05, 4.69) is 28.4 Å². The highest BCUT2D eigenvalue weighted by atomic mass is 32.1. The van der Waals surface area contributed by atoms with Gasteiger partial charge in [-0.15, -0.1) is 0 Å². The van der Waals surface area contributed by atoms with Crippen molar-refractivity contribution in [3.05, 3.63) is 24.3 Å². The zero-order valence-corrected chi connectivity index (χ0v) is 9.43. The molecule has 0 aliphatic heterocycles. The van der Waals surface area contributed by atoms with Crippen LogP contribution in [0.3, 0.4) is 0 Å². The zero-order valence-electron chi connectivity index (χ0n) is 8.61. The number of urea groups is 1. The van der Waals surface area contributed by atoms with Gasteiger partial charge in [0.15, 0.2) is 5.11 Å². The molecule has 7 heteroatoms. The Labute approximate surface area is 98.1 Å². The average molecular weight is 240 g/mol. The molecule has 0 saturated heterocycles. The molecule has 0 bridgehead atoms. The van der Waals surface area contributed by atoms with Gasteiger partial charge in [-0.1, -0.05) is 0 Å². The van der Waals surface area contributed by atoms with Crippen LogP contribution >= 0.6 is 12.2 Å². The summed E-state index contributed by atoms with van der Waals surface area (Å²) in [5.74, 6) is 0.715. The van der Waals surface area contributed by atoms with Crippen molar-refractivity contribution in [2.75, 3.05) is 12.4 Å². The fourth-order valence-electron chi connectivity index (χ4n) is 0.955. The number of methoxy groups -OCH3 is 1. The first kappa shape index (κ1) is 12.1. The van der Waals surface area contributed by atoms with E-state index in [1.165, 1.54) is 0 Å². The molecule has 1 aromatic rings. The normalized spacial score (nSPS) is 9.06. The summed E-state index contributed by atoms with van der Waals surface area (Å²) in [6.07, 6.45) is 0. The predicted molar refractivity (Wildman–Crippen MR) is 65.1 cm³/mol. The minimum atomic E-state index is -0.460. The van der Waals surface area contributed by atoms with Gasteiger partial charge in [-0.05, 0) is 36.5 Å². The van der Waals surface area contributed by atoms with Crippen LogP contribution in [-0.2, 0) is 0 Å². The number of anilines is 1. The van der Waals surface area contributed by atoms with Gasteiger partial charge in [0.1, 0.15) is 5.75 Å². The highest BCUT2D eigenvalue weighted by molar-refractivity contribution is 7.80. The number of carbonyl (C=O) groups excluding carboxylic acids is 1. The largest absolute Gasteiger partial charge is 0.497 e. The Morgan fingerprint density at radius 1 is 1.31 bits per heavy atom. The Hall–Kier alpha value is -2.02. The number of ether oxygens (including phenoxy) is 1. The molecule has 0 saturated carbocycles. The van der Waals surface area contributed by atoms with Crippen molar-refractivity contribution in [1.29, 1.82) is 0 Å². The summed E-state index contributed by atoms with van der Waals surface area (Å²) in [4.78, 5) is 11.2. The van der Waals surface area contributed by atoms with Crippen LogP contribution in [0.4, 0.5) is 10.5 Å². The molecule has 0 radical (unpaired) electrons. The molecular weight excluding hydrogens is 228 g/mol. The van der Waals surface area contributed by atoms with Crippen molar-refractivity contribution in [3.63, 3.8) is 0 Å². The first-order valence-electron chi connectivity index (χ1n) is 4.38. The van der Waals surface area contributed by atoms with Crippen molar-refractivity contribution < 1.29 is 9.53 Å². The van der Waals surface area contributed by atoms with Crippen molar-refractivity contribution in [2.45, 2.75) is 0 Å². The summed E-state index contributed by atoms with van der Waals surface area (Å²) in [6.45, 7) is 0. The van der Waals surface area contributed by atoms with E-state index in [4.69, 9.17) is 10.5 Å². The molecule has 6 nitrogen and oxygen atoms in total. The Bertz CT molecular complexity index is 380. The topological polar surface area (TPSA) is 88.4 Å². The SMILES string of the molecule is COc1ccc(NC(=O)NNC(N)=S)cc1. The van der Waals surface area contributed by atoms with E-state index in [0.29, 0.717) is 11.4 Å². The van der Waals surface area contributed by atoms with Gasteiger partial charge in [0, 0.05) is 5.69 Å². The van der Waals surface area contributed by atoms with Crippen LogP contribution in [0.15, 0.2) is 24.3 Å². The molecule has 1 aromatic carbocycles. The summed E-state index contributed by atoms with van der Waals surface area (Å²) in [5.41, 5.74) is 10.3. The van der Waals surface area contributed by atoms with E-state index in [-0.39, 0.29) is 5.11 Å². The van der Waals surface area contributed by atoms with Crippen molar-refractivity contribution in [1.82, 2.24) is 10.9 Å². The highest BCUT2D eigenvalue weighted by Crippen LogP contribution is 2.14. The zero-order chi connectivity index (χ0) is 12.0. The maximum atomic E-state index is 11.2. The number of benzene rings is 1. The molecule has 86 valence electrons. The minimum absolute atomic E-state index is 0.00937. The van der Waals surface area contributed by atoms with E-state index in [9.17, 15) is 4.79 Å². The first-order valence-corrected chi connectivity index (χ1v) is 4.79. The van der Waals surface area contributed by atoms with Gasteiger partial charge in [0.2, 0.25) is 0 Å². The molecule has 5 N–H and O–H groups in total. The van der Waals surface area contributed by atoms with Crippen molar-refractivity contribution >= 4 is 29.0 Å². The number of nitrogens with two attached hydrogens (primary N) is 1. The van der Waals surface area contributed by atoms with Crippen molar-refractivity contribution in [3.8, 4) is 5.75 Å². The summed E-state index contributed by atoms with van der Waals surface area (Å²) >= 11 is 4.52.